The molecule has 0 aliphatic rings. The van der Waals surface area contributed by atoms with Gasteiger partial charge in [-0.3, -0.25) is 0 Å². The van der Waals surface area contributed by atoms with Crippen molar-refractivity contribution in [3.63, 3.8) is 0 Å². The minimum absolute atomic E-state index is 0.443. The highest BCUT2D eigenvalue weighted by Crippen LogP contribution is 2.32. The first-order valence-corrected chi connectivity index (χ1v) is 7.84. The third-order valence-corrected chi connectivity index (χ3v) is 4.82. The lowest BCUT2D eigenvalue weighted by molar-refractivity contribution is 0.594. The van der Waals surface area contributed by atoms with Crippen LogP contribution in [0.5, 0.6) is 0 Å². The van der Waals surface area contributed by atoms with E-state index in [1.54, 1.807) is 11.3 Å². The third kappa shape index (κ3) is 4.01. The van der Waals surface area contributed by atoms with E-state index >= 15 is 0 Å². The monoisotopic (exact) mass is 294 g/mol. The second-order valence-electron chi connectivity index (χ2n) is 4.15. The van der Waals surface area contributed by atoms with Crippen molar-refractivity contribution in [2.45, 2.75) is 52.0 Å². The third-order valence-electron chi connectivity index (χ3n) is 2.88. The Morgan fingerprint density at radius 3 is 2.59 bits per heavy atom. The Hall–Kier alpha value is 0.01000. The van der Waals surface area contributed by atoms with E-state index in [9.17, 15) is 0 Å². The molecular weight excluding hydrogens is 275 g/mol. The van der Waals surface area contributed by atoms with E-state index in [-0.39, 0.29) is 0 Å². The molecule has 98 valence electrons. The van der Waals surface area contributed by atoms with Crippen molar-refractivity contribution in [3.8, 4) is 0 Å². The molecule has 1 atom stereocenters. The molecule has 1 aromatic heterocycles. The normalized spacial score (nSPS) is 12.8. The SMILES string of the molecule is CCCCN(c1nc(Cl)c(CCl)s1)C(C)CC. The number of halogens is 2. The summed E-state index contributed by atoms with van der Waals surface area (Å²) in [6.45, 7) is 7.66. The highest BCUT2D eigenvalue weighted by molar-refractivity contribution is 7.16. The van der Waals surface area contributed by atoms with Crippen LogP contribution < -0.4 is 4.90 Å². The fraction of sp³-hybridized carbons (Fsp3) is 0.750. The van der Waals surface area contributed by atoms with E-state index in [0.29, 0.717) is 17.1 Å². The van der Waals surface area contributed by atoms with Gasteiger partial charge in [-0.2, -0.15) is 0 Å². The van der Waals surface area contributed by atoms with Crippen molar-refractivity contribution in [2.24, 2.45) is 0 Å². The van der Waals surface area contributed by atoms with E-state index in [4.69, 9.17) is 23.2 Å². The van der Waals surface area contributed by atoms with E-state index in [2.05, 4.69) is 30.7 Å². The molecule has 0 bridgehead atoms. The first-order chi connectivity index (χ1) is 8.13. The van der Waals surface area contributed by atoms with Crippen LogP contribution in [0.1, 0.15) is 44.9 Å². The molecule has 0 saturated carbocycles. The van der Waals surface area contributed by atoms with Gasteiger partial charge in [0.1, 0.15) is 5.15 Å². The van der Waals surface area contributed by atoms with Crippen LogP contribution in [-0.2, 0) is 5.88 Å². The fourth-order valence-electron chi connectivity index (χ4n) is 1.58. The standard InChI is InChI=1S/C12H20Cl2N2S/c1-4-6-7-16(9(3)5-2)12-15-11(14)10(8-13)17-12/h9H,4-8H2,1-3H3. The molecular formula is C12H20Cl2N2S. The molecule has 2 nitrogen and oxygen atoms in total. The van der Waals surface area contributed by atoms with Gasteiger partial charge in [-0.05, 0) is 19.8 Å². The molecule has 0 radical (unpaired) electrons. The number of hydrogen-bond acceptors (Lipinski definition) is 3. The highest BCUT2D eigenvalue weighted by Gasteiger charge is 2.18. The van der Waals surface area contributed by atoms with Gasteiger partial charge in [-0.25, -0.2) is 4.98 Å². The smallest absolute Gasteiger partial charge is 0.187 e. The topological polar surface area (TPSA) is 16.1 Å². The summed E-state index contributed by atoms with van der Waals surface area (Å²) in [4.78, 5) is 7.74. The Labute approximate surface area is 118 Å². The number of unbranched alkanes of at least 4 members (excludes halogenated alkanes) is 1. The van der Waals surface area contributed by atoms with Gasteiger partial charge in [-0.1, -0.05) is 43.2 Å². The fourth-order valence-corrected chi connectivity index (χ4v) is 3.18. The molecule has 0 aliphatic heterocycles. The number of aromatic nitrogens is 1. The van der Waals surface area contributed by atoms with Crippen LogP contribution in [0.2, 0.25) is 5.15 Å². The largest absolute Gasteiger partial charge is 0.345 e. The van der Waals surface area contributed by atoms with Crippen molar-refractivity contribution in [3.05, 3.63) is 10.0 Å². The summed E-state index contributed by atoms with van der Waals surface area (Å²) >= 11 is 13.5. The number of nitrogens with zero attached hydrogens (tertiary/aromatic N) is 2. The second-order valence-corrected chi connectivity index (χ2v) is 5.84. The summed E-state index contributed by atoms with van der Waals surface area (Å²) in [5.41, 5.74) is 0. The lowest BCUT2D eigenvalue weighted by Gasteiger charge is -2.27. The van der Waals surface area contributed by atoms with E-state index in [0.717, 1.165) is 23.0 Å². The summed E-state index contributed by atoms with van der Waals surface area (Å²) in [5.74, 6) is 0.443. The summed E-state index contributed by atoms with van der Waals surface area (Å²) < 4.78 is 0. The summed E-state index contributed by atoms with van der Waals surface area (Å²) in [6, 6.07) is 0.493. The van der Waals surface area contributed by atoms with Crippen molar-refractivity contribution in [1.82, 2.24) is 4.98 Å². The van der Waals surface area contributed by atoms with Gasteiger partial charge in [0.05, 0.1) is 10.8 Å². The minimum atomic E-state index is 0.443. The van der Waals surface area contributed by atoms with Gasteiger partial charge >= 0.3 is 0 Å². The number of alkyl halides is 1. The van der Waals surface area contributed by atoms with Crippen LogP contribution >= 0.6 is 34.5 Å². The van der Waals surface area contributed by atoms with Crippen LogP contribution in [0.25, 0.3) is 0 Å². The Bertz CT molecular complexity index is 341. The number of thiazole rings is 1. The van der Waals surface area contributed by atoms with Gasteiger partial charge in [-0.15, -0.1) is 11.6 Å². The molecule has 1 heterocycles. The molecule has 0 fully saturated rings. The van der Waals surface area contributed by atoms with Crippen molar-refractivity contribution < 1.29 is 0 Å². The van der Waals surface area contributed by atoms with Gasteiger partial charge in [0.15, 0.2) is 5.13 Å². The van der Waals surface area contributed by atoms with Crippen LogP contribution in [0, 0.1) is 0 Å². The predicted molar refractivity (Wildman–Crippen MR) is 78.7 cm³/mol. The minimum Gasteiger partial charge on any atom is -0.345 e. The summed E-state index contributed by atoms with van der Waals surface area (Å²) in [6.07, 6.45) is 3.48. The molecule has 1 unspecified atom stereocenters. The van der Waals surface area contributed by atoms with Crippen LogP contribution in [0.3, 0.4) is 0 Å². The molecule has 0 saturated heterocycles. The number of anilines is 1. The van der Waals surface area contributed by atoms with Crippen LogP contribution in [0.15, 0.2) is 0 Å². The van der Waals surface area contributed by atoms with Crippen LogP contribution in [0.4, 0.5) is 5.13 Å². The lowest BCUT2D eigenvalue weighted by Crippen LogP contribution is -2.33. The van der Waals surface area contributed by atoms with Crippen molar-refractivity contribution in [1.29, 1.82) is 0 Å². The maximum absolute atomic E-state index is 6.06. The van der Waals surface area contributed by atoms with E-state index in [1.807, 2.05) is 0 Å². The van der Waals surface area contributed by atoms with Gasteiger partial charge < -0.3 is 4.90 Å². The zero-order chi connectivity index (χ0) is 12.8. The molecule has 0 N–H and O–H groups in total. The predicted octanol–water partition coefficient (Wildman–Crippen LogP) is 4.94. The summed E-state index contributed by atoms with van der Waals surface area (Å²) in [7, 11) is 0. The Balaban J connectivity index is 2.87. The van der Waals surface area contributed by atoms with E-state index in [1.165, 1.54) is 12.8 Å². The van der Waals surface area contributed by atoms with Gasteiger partial charge in [0.25, 0.3) is 0 Å². The molecule has 5 heteroatoms. The summed E-state index contributed by atoms with van der Waals surface area (Å²) in [5, 5.41) is 1.57. The van der Waals surface area contributed by atoms with Gasteiger partial charge in [0, 0.05) is 12.6 Å². The maximum Gasteiger partial charge on any atom is 0.187 e. The zero-order valence-electron chi connectivity index (χ0n) is 10.7. The van der Waals surface area contributed by atoms with Crippen LogP contribution in [-0.4, -0.2) is 17.6 Å². The maximum atomic E-state index is 6.06. The Kier molecular flexibility index (Phi) is 6.60. The average molecular weight is 295 g/mol. The first-order valence-electron chi connectivity index (χ1n) is 6.11. The molecule has 0 amide bonds. The lowest BCUT2D eigenvalue weighted by atomic mass is 10.2. The molecule has 0 aliphatic carbocycles. The molecule has 0 aromatic carbocycles. The van der Waals surface area contributed by atoms with E-state index < -0.39 is 0 Å². The zero-order valence-corrected chi connectivity index (χ0v) is 13.0. The second kappa shape index (κ2) is 7.45. The molecule has 1 aromatic rings. The Morgan fingerprint density at radius 2 is 2.12 bits per heavy atom. The quantitative estimate of drug-likeness (QED) is 0.662. The van der Waals surface area contributed by atoms with Crippen molar-refractivity contribution >= 4 is 39.7 Å². The number of rotatable bonds is 7. The average Bonchev–Trinajstić information content (AvgIpc) is 2.70. The highest BCUT2D eigenvalue weighted by atomic mass is 35.5. The first kappa shape index (κ1) is 15.1. The van der Waals surface area contributed by atoms with Crippen molar-refractivity contribution in [2.75, 3.05) is 11.4 Å². The molecule has 0 spiro atoms. The molecule has 17 heavy (non-hydrogen) atoms. The molecule has 1 rings (SSSR count). The Morgan fingerprint density at radius 1 is 1.41 bits per heavy atom. The van der Waals surface area contributed by atoms with Gasteiger partial charge in [0.2, 0.25) is 0 Å². The number of hydrogen-bond donors (Lipinski definition) is 0.